The Morgan fingerprint density at radius 2 is 1.69 bits per heavy atom. The SMILES string of the molecule is OCc1cccc(-c2ccc(OC(O)C3(O)C(O)C(O)C3CO)cc2)c1. The third kappa shape index (κ3) is 3.09. The zero-order valence-electron chi connectivity index (χ0n) is 13.9. The first-order valence-corrected chi connectivity index (χ1v) is 8.26. The van der Waals surface area contributed by atoms with E-state index in [1.165, 1.54) is 0 Å². The molecule has 140 valence electrons. The van der Waals surface area contributed by atoms with Crippen molar-refractivity contribution in [3.05, 3.63) is 54.1 Å². The van der Waals surface area contributed by atoms with Crippen molar-refractivity contribution in [1.29, 1.82) is 0 Å². The molecule has 5 atom stereocenters. The fourth-order valence-corrected chi connectivity index (χ4v) is 3.25. The highest BCUT2D eigenvalue weighted by atomic mass is 16.6. The number of aliphatic hydroxyl groups excluding tert-OH is 5. The van der Waals surface area contributed by atoms with Crippen molar-refractivity contribution in [1.82, 2.24) is 0 Å². The summed E-state index contributed by atoms with van der Waals surface area (Å²) in [5.41, 5.74) is 0.406. The van der Waals surface area contributed by atoms with Gasteiger partial charge >= 0.3 is 0 Å². The monoisotopic (exact) mass is 362 g/mol. The Morgan fingerprint density at radius 1 is 1.00 bits per heavy atom. The van der Waals surface area contributed by atoms with Crippen molar-refractivity contribution in [2.45, 2.75) is 30.7 Å². The molecule has 0 aliphatic heterocycles. The molecular formula is C19H22O7. The van der Waals surface area contributed by atoms with Crippen LogP contribution in [0.4, 0.5) is 0 Å². The first-order valence-electron chi connectivity index (χ1n) is 8.26. The molecule has 0 radical (unpaired) electrons. The van der Waals surface area contributed by atoms with Crippen LogP contribution in [-0.2, 0) is 6.61 Å². The molecule has 0 bridgehead atoms. The van der Waals surface area contributed by atoms with E-state index in [1.54, 1.807) is 24.3 Å². The second-order valence-corrected chi connectivity index (χ2v) is 6.46. The van der Waals surface area contributed by atoms with E-state index in [9.17, 15) is 30.6 Å². The maximum Gasteiger partial charge on any atom is 0.229 e. The quantitative estimate of drug-likeness (QED) is 0.386. The molecule has 7 nitrogen and oxygen atoms in total. The van der Waals surface area contributed by atoms with Gasteiger partial charge in [0, 0.05) is 5.92 Å². The van der Waals surface area contributed by atoms with Gasteiger partial charge < -0.3 is 35.4 Å². The fourth-order valence-electron chi connectivity index (χ4n) is 3.25. The Kier molecular flexibility index (Phi) is 5.29. The van der Waals surface area contributed by atoms with E-state index in [-0.39, 0.29) is 12.4 Å². The summed E-state index contributed by atoms with van der Waals surface area (Å²) < 4.78 is 5.29. The van der Waals surface area contributed by atoms with Crippen molar-refractivity contribution >= 4 is 0 Å². The van der Waals surface area contributed by atoms with Crippen LogP contribution in [0.2, 0.25) is 0 Å². The Hall–Kier alpha value is -2.00. The van der Waals surface area contributed by atoms with Crippen LogP contribution in [0.25, 0.3) is 11.1 Å². The zero-order chi connectivity index (χ0) is 18.9. The van der Waals surface area contributed by atoms with Crippen LogP contribution in [0, 0.1) is 5.92 Å². The molecule has 2 aromatic carbocycles. The van der Waals surface area contributed by atoms with Crippen LogP contribution < -0.4 is 4.74 Å². The van der Waals surface area contributed by atoms with Crippen LogP contribution in [0.15, 0.2) is 48.5 Å². The topological polar surface area (TPSA) is 131 Å². The highest BCUT2D eigenvalue weighted by Crippen LogP contribution is 2.42. The van der Waals surface area contributed by atoms with Gasteiger partial charge in [0.15, 0.2) is 5.60 Å². The van der Waals surface area contributed by atoms with Crippen molar-refractivity contribution in [2.75, 3.05) is 6.61 Å². The minimum atomic E-state index is -2.15. The smallest absolute Gasteiger partial charge is 0.229 e. The zero-order valence-corrected chi connectivity index (χ0v) is 13.9. The van der Waals surface area contributed by atoms with E-state index >= 15 is 0 Å². The molecule has 7 heteroatoms. The normalized spacial score (nSPS) is 29.1. The Morgan fingerprint density at radius 3 is 2.31 bits per heavy atom. The van der Waals surface area contributed by atoms with Crippen molar-refractivity contribution in [3.63, 3.8) is 0 Å². The van der Waals surface area contributed by atoms with Crippen LogP contribution >= 0.6 is 0 Å². The molecule has 0 heterocycles. The van der Waals surface area contributed by atoms with E-state index in [1.807, 2.05) is 24.3 Å². The Bertz CT molecular complexity index is 748. The number of ether oxygens (including phenoxy) is 1. The largest absolute Gasteiger partial charge is 0.462 e. The molecule has 5 unspecified atom stereocenters. The van der Waals surface area contributed by atoms with E-state index in [0.717, 1.165) is 16.7 Å². The van der Waals surface area contributed by atoms with Gasteiger partial charge in [0.1, 0.15) is 11.9 Å². The summed E-state index contributed by atoms with van der Waals surface area (Å²) in [6.45, 7) is -0.657. The molecule has 1 aliphatic carbocycles. The molecule has 2 aromatic rings. The van der Waals surface area contributed by atoms with Gasteiger partial charge in [-0.15, -0.1) is 0 Å². The predicted molar refractivity (Wildman–Crippen MR) is 92.0 cm³/mol. The summed E-state index contributed by atoms with van der Waals surface area (Å²) in [5, 5.41) is 58.3. The number of rotatable bonds is 6. The molecule has 0 aromatic heterocycles. The summed E-state index contributed by atoms with van der Waals surface area (Å²) in [5.74, 6) is -0.855. The van der Waals surface area contributed by atoms with Crippen molar-refractivity contribution in [2.24, 2.45) is 5.92 Å². The lowest BCUT2D eigenvalue weighted by atomic mass is 9.64. The molecular weight excluding hydrogens is 340 g/mol. The van der Waals surface area contributed by atoms with Gasteiger partial charge in [0.25, 0.3) is 0 Å². The van der Waals surface area contributed by atoms with Gasteiger partial charge in [0.05, 0.1) is 19.3 Å². The Balaban J connectivity index is 1.73. The summed E-state index contributed by atoms with van der Waals surface area (Å²) in [6, 6.07) is 14.1. The predicted octanol–water partition coefficient (Wildman–Crippen LogP) is -0.382. The van der Waals surface area contributed by atoms with Crippen LogP contribution in [0.5, 0.6) is 5.75 Å². The number of hydrogen-bond acceptors (Lipinski definition) is 7. The molecule has 3 rings (SSSR count). The van der Waals surface area contributed by atoms with Gasteiger partial charge in [-0.05, 0) is 34.9 Å². The molecule has 6 N–H and O–H groups in total. The van der Waals surface area contributed by atoms with E-state index in [4.69, 9.17) is 4.74 Å². The molecule has 0 saturated heterocycles. The average molecular weight is 362 g/mol. The molecule has 1 fully saturated rings. The lowest BCUT2D eigenvalue weighted by Gasteiger charge is -2.53. The molecule has 1 saturated carbocycles. The van der Waals surface area contributed by atoms with Gasteiger partial charge in [-0.25, -0.2) is 0 Å². The summed E-state index contributed by atoms with van der Waals surface area (Å²) in [4.78, 5) is 0. The standard InChI is InChI=1S/C19H22O7/c20-9-11-2-1-3-13(8-11)12-4-6-14(7-5-12)26-18(24)19(25)15(10-21)16(22)17(19)23/h1-8,15-18,20-25H,9-10H2. The third-order valence-electron chi connectivity index (χ3n) is 4.94. The van der Waals surface area contributed by atoms with Crippen LogP contribution in [0.3, 0.4) is 0 Å². The maximum atomic E-state index is 10.4. The fraction of sp³-hybridized carbons (Fsp3) is 0.368. The maximum absolute atomic E-state index is 10.4. The summed E-state index contributed by atoms with van der Waals surface area (Å²) in [7, 11) is 0. The van der Waals surface area contributed by atoms with Crippen LogP contribution in [-0.4, -0.2) is 61.3 Å². The number of benzene rings is 2. The molecule has 0 amide bonds. The summed E-state index contributed by atoms with van der Waals surface area (Å²) >= 11 is 0. The van der Waals surface area contributed by atoms with E-state index < -0.39 is 36.6 Å². The minimum Gasteiger partial charge on any atom is -0.462 e. The van der Waals surface area contributed by atoms with Crippen molar-refractivity contribution in [3.8, 4) is 16.9 Å². The van der Waals surface area contributed by atoms with Crippen molar-refractivity contribution < 1.29 is 35.4 Å². The second-order valence-electron chi connectivity index (χ2n) is 6.46. The Labute approximate surface area is 150 Å². The highest BCUT2D eigenvalue weighted by molar-refractivity contribution is 5.64. The highest BCUT2D eigenvalue weighted by Gasteiger charge is 2.65. The van der Waals surface area contributed by atoms with Gasteiger partial charge in [0.2, 0.25) is 6.29 Å². The van der Waals surface area contributed by atoms with Crippen LogP contribution in [0.1, 0.15) is 5.56 Å². The molecule has 26 heavy (non-hydrogen) atoms. The first-order chi connectivity index (χ1) is 12.4. The first kappa shape index (κ1) is 18.8. The van der Waals surface area contributed by atoms with E-state index in [0.29, 0.717) is 0 Å². The minimum absolute atomic E-state index is 0.0555. The number of aliphatic hydroxyl groups is 6. The van der Waals surface area contributed by atoms with Gasteiger partial charge in [-0.2, -0.15) is 0 Å². The van der Waals surface area contributed by atoms with Gasteiger partial charge in [-0.1, -0.05) is 30.3 Å². The lowest BCUT2D eigenvalue weighted by Crippen LogP contribution is -2.76. The number of hydrogen-bond donors (Lipinski definition) is 6. The van der Waals surface area contributed by atoms with Gasteiger partial charge in [-0.3, -0.25) is 0 Å². The second kappa shape index (κ2) is 7.32. The third-order valence-corrected chi connectivity index (χ3v) is 4.94. The summed E-state index contributed by atoms with van der Waals surface area (Å²) in [6.07, 6.45) is -4.76. The molecule has 1 aliphatic rings. The lowest BCUT2D eigenvalue weighted by molar-refractivity contribution is -0.332. The molecule has 0 spiro atoms. The van der Waals surface area contributed by atoms with E-state index in [2.05, 4.69) is 0 Å². The average Bonchev–Trinajstić information content (AvgIpc) is 2.68.